The smallest absolute Gasteiger partial charge is 0.0175 e. The Bertz CT molecular complexity index is 276. The number of fused-ring (bicyclic) bond motifs is 2. The molecular formula is C16H31N. The standard InChI is InChI=1S/C16H31N/c1-11(2)12(3)10-17-14-15(4,5)13-7-8-16(14,6)9-13/h11-14,17H,7-10H2,1-6H3. The van der Waals surface area contributed by atoms with E-state index in [-0.39, 0.29) is 0 Å². The zero-order valence-electron chi connectivity index (χ0n) is 12.6. The van der Waals surface area contributed by atoms with Crippen LogP contribution in [-0.4, -0.2) is 12.6 Å². The van der Waals surface area contributed by atoms with Crippen molar-refractivity contribution in [1.29, 1.82) is 0 Å². The minimum absolute atomic E-state index is 0.504. The maximum absolute atomic E-state index is 3.92. The van der Waals surface area contributed by atoms with E-state index in [9.17, 15) is 0 Å². The molecule has 0 aliphatic heterocycles. The molecule has 0 aromatic heterocycles. The van der Waals surface area contributed by atoms with Crippen molar-refractivity contribution < 1.29 is 0 Å². The van der Waals surface area contributed by atoms with Crippen LogP contribution in [0, 0.1) is 28.6 Å². The Morgan fingerprint density at radius 3 is 2.29 bits per heavy atom. The molecule has 1 heteroatoms. The highest BCUT2D eigenvalue weighted by Gasteiger charge is 2.58. The van der Waals surface area contributed by atoms with Gasteiger partial charge in [-0.1, -0.05) is 41.5 Å². The van der Waals surface area contributed by atoms with Gasteiger partial charge in [-0.3, -0.25) is 0 Å². The summed E-state index contributed by atoms with van der Waals surface area (Å²) in [6.07, 6.45) is 4.35. The zero-order chi connectivity index (χ0) is 12.8. The number of rotatable bonds is 4. The van der Waals surface area contributed by atoms with Gasteiger partial charge in [0.25, 0.3) is 0 Å². The summed E-state index contributed by atoms with van der Waals surface area (Å²) in [6.45, 7) is 15.7. The molecule has 2 saturated carbocycles. The fourth-order valence-corrected chi connectivity index (χ4v) is 4.35. The van der Waals surface area contributed by atoms with Crippen LogP contribution in [0.5, 0.6) is 0 Å². The van der Waals surface area contributed by atoms with Gasteiger partial charge in [-0.2, -0.15) is 0 Å². The van der Waals surface area contributed by atoms with E-state index in [2.05, 4.69) is 46.9 Å². The van der Waals surface area contributed by atoms with Gasteiger partial charge in [0.05, 0.1) is 0 Å². The molecule has 2 fully saturated rings. The van der Waals surface area contributed by atoms with Crippen molar-refractivity contribution in [2.45, 2.75) is 66.8 Å². The van der Waals surface area contributed by atoms with Crippen molar-refractivity contribution in [3.63, 3.8) is 0 Å². The Morgan fingerprint density at radius 2 is 1.82 bits per heavy atom. The summed E-state index contributed by atoms with van der Waals surface area (Å²) in [7, 11) is 0. The Morgan fingerprint density at radius 1 is 1.18 bits per heavy atom. The van der Waals surface area contributed by atoms with Crippen LogP contribution in [0.25, 0.3) is 0 Å². The van der Waals surface area contributed by atoms with Gasteiger partial charge in [0.1, 0.15) is 0 Å². The van der Waals surface area contributed by atoms with E-state index in [1.54, 1.807) is 0 Å². The minimum atomic E-state index is 0.504. The quantitative estimate of drug-likeness (QED) is 0.777. The molecule has 2 rings (SSSR count). The zero-order valence-corrected chi connectivity index (χ0v) is 12.6. The lowest BCUT2D eigenvalue weighted by Gasteiger charge is -2.44. The van der Waals surface area contributed by atoms with E-state index in [1.807, 2.05) is 0 Å². The molecule has 0 saturated heterocycles. The van der Waals surface area contributed by atoms with Crippen molar-refractivity contribution in [2.24, 2.45) is 28.6 Å². The molecular weight excluding hydrogens is 206 g/mol. The van der Waals surface area contributed by atoms with E-state index >= 15 is 0 Å². The minimum Gasteiger partial charge on any atom is -0.313 e. The maximum Gasteiger partial charge on any atom is 0.0175 e. The van der Waals surface area contributed by atoms with E-state index in [1.165, 1.54) is 25.8 Å². The molecule has 17 heavy (non-hydrogen) atoms. The van der Waals surface area contributed by atoms with Gasteiger partial charge in [0, 0.05) is 6.04 Å². The second kappa shape index (κ2) is 4.26. The first-order chi connectivity index (χ1) is 7.77. The van der Waals surface area contributed by atoms with Crippen molar-refractivity contribution >= 4 is 0 Å². The monoisotopic (exact) mass is 237 g/mol. The second-order valence-electron chi connectivity index (χ2n) is 7.98. The Balaban J connectivity index is 2.00. The van der Waals surface area contributed by atoms with Crippen molar-refractivity contribution in [3.8, 4) is 0 Å². The molecule has 0 radical (unpaired) electrons. The summed E-state index contributed by atoms with van der Waals surface area (Å²) < 4.78 is 0. The maximum atomic E-state index is 3.92. The second-order valence-corrected chi connectivity index (χ2v) is 7.98. The van der Waals surface area contributed by atoms with E-state index in [4.69, 9.17) is 0 Å². The van der Waals surface area contributed by atoms with Crippen LogP contribution >= 0.6 is 0 Å². The summed E-state index contributed by atoms with van der Waals surface area (Å²) in [5, 5.41) is 3.92. The van der Waals surface area contributed by atoms with Gasteiger partial charge in [0.15, 0.2) is 0 Å². The summed E-state index contributed by atoms with van der Waals surface area (Å²) in [4.78, 5) is 0. The summed E-state index contributed by atoms with van der Waals surface area (Å²) >= 11 is 0. The van der Waals surface area contributed by atoms with Crippen LogP contribution in [0.3, 0.4) is 0 Å². The van der Waals surface area contributed by atoms with Gasteiger partial charge in [-0.05, 0) is 54.4 Å². The molecule has 0 amide bonds. The normalized spacial score (nSPS) is 41.1. The average molecular weight is 237 g/mol. The average Bonchev–Trinajstić information content (AvgIpc) is 2.68. The third-order valence-electron chi connectivity index (χ3n) is 6.05. The first-order valence-electron chi connectivity index (χ1n) is 7.51. The van der Waals surface area contributed by atoms with Crippen molar-refractivity contribution in [3.05, 3.63) is 0 Å². The third kappa shape index (κ3) is 2.16. The lowest BCUT2D eigenvalue weighted by molar-refractivity contribution is 0.104. The summed E-state index contributed by atoms with van der Waals surface area (Å²) in [6, 6.07) is 0.731. The van der Waals surface area contributed by atoms with Crippen LogP contribution in [0.2, 0.25) is 0 Å². The predicted molar refractivity (Wildman–Crippen MR) is 75.0 cm³/mol. The van der Waals surface area contributed by atoms with Gasteiger partial charge in [-0.15, -0.1) is 0 Å². The molecule has 4 unspecified atom stereocenters. The largest absolute Gasteiger partial charge is 0.313 e. The third-order valence-corrected chi connectivity index (χ3v) is 6.05. The van der Waals surface area contributed by atoms with Crippen LogP contribution < -0.4 is 5.32 Å². The molecule has 100 valence electrons. The Labute approximate surface area is 108 Å². The lowest BCUT2D eigenvalue weighted by Crippen LogP contribution is -2.51. The van der Waals surface area contributed by atoms with Crippen molar-refractivity contribution in [1.82, 2.24) is 5.32 Å². The van der Waals surface area contributed by atoms with Gasteiger partial charge in [0.2, 0.25) is 0 Å². The van der Waals surface area contributed by atoms with Crippen LogP contribution in [0.4, 0.5) is 0 Å². The van der Waals surface area contributed by atoms with E-state index in [0.29, 0.717) is 10.8 Å². The van der Waals surface area contributed by atoms with Crippen LogP contribution in [0.1, 0.15) is 60.8 Å². The molecule has 4 atom stereocenters. The number of nitrogens with one attached hydrogen (secondary N) is 1. The van der Waals surface area contributed by atoms with Crippen LogP contribution in [0.15, 0.2) is 0 Å². The fraction of sp³-hybridized carbons (Fsp3) is 1.00. The van der Waals surface area contributed by atoms with Crippen LogP contribution in [-0.2, 0) is 0 Å². The van der Waals surface area contributed by atoms with Gasteiger partial charge < -0.3 is 5.32 Å². The highest BCUT2D eigenvalue weighted by molar-refractivity contribution is 5.12. The summed E-state index contributed by atoms with van der Waals surface area (Å²) in [5.41, 5.74) is 1.08. The first kappa shape index (κ1) is 13.4. The predicted octanol–water partition coefficient (Wildman–Crippen LogP) is 4.08. The van der Waals surface area contributed by atoms with Gasteiger partial charge in [-0.25, -0.2) is 0 Å². The molecule has 1 nitrogen and oxygen atoms in total. The fourth-order valence-electron chi connectivity index (χ4n) is 4.35. The number of hydrogen-bond donors (Lipinski definition) is 1. The molecule has 2 aliphatic carbocycles. The SMILES string of the molecule is CC(C)C(C)CNC1C2(C)CCC(C2)C1(C)C. The van der Waals surface area contributed by atoms with Gasteiger partial charge >= 0.3 is 0 Å². The molecule has 0 aromatic rings. The first-order valence-corrected chi connectivity index (χ1v) is 7.51. The Hall–Kier alpha value is -0.0400. The van der Waals surface area contributed by atoms with Crippen molar-refractivity contribution in [2.75, 3.05) is 6.54 Å². The molecule has 0 aromatic carbocycles. The molecule has 2 bridgehead atoms. The van der Waals surface area contributed by atoms with E-state index in [0.717, 1.165) is 23.8 Å². The molecule has 1 N–H and O–H groups in total. The van der Waals surface area contributed by atoms with E-state index < -0.39 is 0 Å². The topological polar surface area (TPSA) is 12.0 Å². The highest BCUT2D eigenvalue weighted by atomic mass is 15.0. The Kier molecular flexibility index (Phi) is 3.36. The summed E-state index contributed by atoms with van der Waals surface area (Å²) in [5.74, 6) is 2.53. The molecule has 0 spiro atoms. The molecule has 2 aliphatic rings. The highest BCUT2D eigenvalue weighted by Crippen LogP contribution is 2.62. The number of hydrogen-bond acceptors (Lipinski definition) is 1. The lowest BCUT2D eigenvalue weighted by atomic mass is 9.68. The molecule has 0 heterocycles.